The van der Waals surface area contributed by atoms with Crippen LogP contribution >= 0.6 is 11.8 Å². The summed E-state index contributed by atoms with van der Waals surface area (Å²) < 4.78 is 0. The topological polar surface area (TPSA) is 79.3 Å². The number of carbonyl (C=O) groups is 2. The summed E-state index contributed by atoms with van der Waals surface area (Å²) in [5.41, 5.74) is 0.902. The Labute approximate surface area is 116 Å². The number of carboxylic acids is 1. The van der Waals surface area contributed by atoms with E-state index in [0.717, 1.165) is 5.69 Å². The van der Waals surface area contributed by atoms with Crippen molar-refractivity contribution in [2.24, 2.45) is 5.92 Å². The number of thioether (sulfide) groups is 1. The van der Waals surface area contributed by atoms with Crippen LogP contribution in [0.1, 0.15) is 19.5 Å². The van der Waals surface area contributed by atoms with Crippen LogP contribution < -0.4 is 5.32 Å². The maximum atomic E-state index is 11.6. The monoisotopic (exact) mass is 282 g/mol. The van der Waals surface area contributed by atoms with Crippen LogP contribution in [-0.4, -0.2) is 33.8 Å². The minimum atomic E-state index is -1.00. The average Bonchev–Trinajstić information content (AvgIpc) is 2.36. The Kier molecular flexibility index (Phi) is 6.35. The lowest BCUT2D eigenvalue weighted by molar-refractivity contribution is -0.142. The molecule has 0 fully saturated rings. The van der Waals surface area contributed by atoms with E-state index in [1.165, 1.54) is 11.8 Å². The quantitative estimate of drug-likeness (QED) is 0.793. The zero-order chi connectivity index (χ0) is 14.3. The van der Waals surface area contributed by atoms with Gasteiger partial charge in [-0.2, -0.15) is 0 Å². The number of carbonyl (C=O) groups excluding carboxylic acids is 1. The molecule has 0 radical (unpaired) electrons. The van der Waals surface area contributed by atoms with Gasteiger partial charge in [-0.15, -0.1) is 11.8 Å². The first-order chi connectivity index (χ1) is 9.00. The van der Waals surface area contributed by atoms with Crippen molar-refractivity contribution in [1.82, 2.24) is 10.3 Å². The van der Waals surface area contributed by atoms with Crippen molar-refractivity contribution in [1.29, 1.82) is 0 Å². The van der Waals surface area contributed by atoms with Crippen LogP contribution in [-0.2, 0) is 15.3 Å². The summed E-state index contributed by atoms with van der Waals surface area (Å²) in [6.45, 7) is 3.53. The van der Waals surface area contributed by atoms with Crippen molar-refractivity contribution in [3.8, 4) is 0 Å². The molecule has 0 saturated carbocycles. The molecular weight excluding hydrogens is 264 g/mol. The summed E-state index contributed by atoms with van der Waals surface area (Å²) in [5.74, 6) is -0.539. The second-order valence-corrected chi connectivity index (χ2v) is 5.43. The molecule has 0 aliphatic heterocycles. The number of rotatable bonds is 7. The summed E-state index contributed by atoms with van der Waals surface area (Å²) in [4.78, 5) is 26.7. The summed E-state index contributed by atoms with van der Waals surface area (Å²) in [7, 11) is 0. The highest BCUT2D eigenvalue weighted by Gasteiger charge is 2.23. The van der Waals surface area contributed by atoms with Gasteiger partial charge in [0.05, 0.1) is 11.4 Å². The lowest BCUT2D eigenvalue weighted by Crippen LogP contribution is -2.45. The number of aromatic nitrogens is 1. The third-order valence-corrected chi connectivity index (χ3v) is 3.42. The maximum Gasteiger partial charge on any atom is 0.326 e. The zero-order valence-electron chi connectivity index (χ0n) is 11.0. The van der Waals surface area contributed by atoms with Crippen LogP contribution in [0.5, 0.6) is 0 Å². The SMILES string of the molecule is CC(C)[C@H](NC(=O)CSCc1ccccn1)C(=O)O. The first-order valence-electron chi connectivity index (χ1n) is 6.00. The third kappa shape index (κ3) is 5.74. The Morgan fingerprint density at radius 2 is 2.16 bits per heavy atom. The van der Waals surface area contributed by atoms with Crippen molar-refractivity contribution in [3.05, 3.63) is 30.1 Å². The van der Waals surface area contributed by atoms with Crippen LogP contribution in [0.2, 0.25) is 0 Å². The lowest BCUT2D eigenvalue weighted by Gasteiger charge is -2.17. The standard InChI is InChI=1S/C13H18N2O3S/c1-9(2)12(13(17)18)15-11(16)8-19-7-10-5-3-4-6-14-10/h3-6,9,12H,7-8H2,1-2H3,(H,15,16)(H,17,18)/t12-/m0/s1. The van der Waals surface area contributed by atoms with Crippen molar-refractivity contribution in [2.45, 2.75) is 25.6 Å². The van der Waals surface area contributed by atoms with Crippen LogP contribution in [0, 0.1) is 5.92 Å². The van der Waals surface area contributed by atoms with Crippen molar-refractivity contribution in [2.75, 3.05) is 5.75 Å². The molecule has 1 amide bonds. The highest BCUT2D eigenvalue weighted by atomic mass is 32.2. The van der Waals surface area contributed by atoms with Gasteiger partial charge in [0.15, 0.2) is 0 Å². The van der Waals surface area contributed by atoms with E-state index in [0.29, 0.717) is 5.75 Å². The molecule has 1 rings (SSSR count). The number of hydrogen-bond acceptors (Lipinski definition) is 4. The van der Waals surface area contributed by atoms with Gasteiger partial charge in [-0.25, -0.2) is 4.79 Å². The summed E-state index contributed by atoms with van der Waals surface area (Å²) in [6.07, 6.45) is 1.70. The summed E-state index contributed by atoms with van der Waals surface area (Å²) >= 11 is 1.41. The van der Waals surface area contributed by atoms with Gasteiger partial charge in [0.1, 0.15) is 6.04 Å². The van der Waals surface area contributed by atoms with E-state index in [2.05, 4.69) is 10.3 Å². The Balaban J connectivity index is 2.33. The van der Waals surface area contributed by atoms with Crippen LogP contribution in [0.4, 0.5) is 0 Å². The molecule has 104 valence electrons. The molecule has 0 aromatic carbocycles. The second-order valence-electron chi connectivity index (χ2n) is 4.44. The highest BCUT2D eigenvalue weighted by Crippen LogP contribution is 2.09. The van der Waals surface area contributed by atoms with Crippen LogP contribution in [0.15, 0.2) is 24.4 Å². The number of hydrogen-bond donors (Lipinski definition) is 2. The zero-order valence-corrected chi connectivity index (χ0v) is 11.8. The third-order valence-electron chi connectivity index (χ3n) is 2.46. The number of nitrogens with zero attached hydrogens (tertiary/aromatic N) is 1. The predicted octanol–water partition coefficient (Wildman–Crippen LogP) is 1.54. The molecule has 1 heterocycles. The fraction of sp³-hybridized carbons (Fsp3) is 0.462. The molecule has 0 unspecified atom stereocenters. The van der Waals surface area contributed by atoms with Gasteiger partial charge < -0.3 is 10.4 Å². The number of amides is 1. The smallest absolute Gasteiger partial charge is 0.326 e. The average molecular weight is 282 g/mol. The van der Waals surface area contributed by atoms with Crippen molar-refractivity contribution in [3.63, 3.8) is 0 Å². The van der Waals surface area contributed by atoms with E-state index < -0.39 is 12.0 Å². The molecule has 5 nitrogen and oxygen atoms in total. The molecule has 6 heteroatoms. The minimum absolute atomic E-state index is 0.137. The number of pyridine rings is 1. The molecular formula is C13H18N2O3S. The molecule has 0 aliphatic carbocycles. The van der Waals surface area contributed by atoms with E-state index in [-0.39, 0.29) is 17.6 Å². The molecule has 2 N–H and O–H groups in total. The molecule has 0 saturated heterocycles. The van der Waals surface area contributed by atoms with Crippen molar-refractivity contribution >= 4 is 23.6 Å². The summed E-state index contributed by atoms with van der Waals surface area (Å²) in [6, 6.07) is 4.78. The second kappa shape index (κ2) is 7.78. The lowest BCUT2D eigenvalue weighted by atomic mass is 10.1. The Bertz CT molecular complexity index is 423. The van der Waals surface area contributed by atoms with Crippen molar-refractivity contribution < 1.29 is 14.7 Å². The van der Waals surface area contributed by atoms with Gasteiger partial charge in [0.25, 0.3) is 0 Å². The van der Waals surface area contributed by atoms with Crippen LogP contribution in [0.25, 0.3) is 0 Å². The van der Waals surface area contributed by atoms with Gasteiger partial charge in [0.2, 0.25) is 5.91 Å². The predicted molar refractivity (Wildman–Crippen MR) is 74.8 cm³/mol. The van der Waals surface area contributed by atoms with Crippen LogP contribution in [0.3, 0.4) is 0 Å². The maximum absolute atomic E-state index is 11.6. The normalized spacial score (nSPS) is 12.2. The fourth-order valence-electron chi connectivity index (χ4n) is 1.46. The molecule has 0 spiro atoms. The van der Waals surface area contributed by atoms with Gasteiger partial charge in [-0.05, 0) is 18.1 Å². The number of nitrogens with one attached hydrogen (secondary N) is 1. The Hall–Kier alpha value is -1.56. The van der Waals surface area contributed by atoms with Gasteiger partial charge >= 0.3 is 5.97 Å². The number of aliphatic carboxylic acids is 1. The van der Waals surface area contributed by atoms with Gasteiger partial charge in [0, 0.05) is 11.9 Å². The molecule has 0 bridgehead atoms. The molecule has 0 aliphatic rings. The first kappa shape index (κ1) is 15.5. The molecule has 1 atom stereocenters. The van der Waals surface area contributed by atoms with E-state index in [1.807, 2.05) is 18.2 Å². The van der Waals surface area contributed by atoms with E-state index in [4.69, 9.17) is 5.11 Å². The summed E-state index contributed by atoms with van der Waals surface area (Å²) in [5, 5.41) is 11.5. The Morgan fingerprint density at radius 3 is 2.68 bits per heavy atom. The van der Waals surface area contributed by atoms with E-state index in [1.54, 1.807) is 20.0 Å². The highest BCUT2D eigenvalue weighted by molar-refractivity contribution is 7.99. The Morgan fingerprint density at radius 1 is 1.42 bits per heavy atom. The molecule has 1 aromatic heterocycles. The molecule has 1 aromatic rings. The van der Waals surface area contributed by atoms with E-state index in [9.17, 15) is 9.59 Å². The number of carboxylic acid groups (broad SMARTS) is 1. The van der Waals surface area contributed by atoms with E-state index >= 15 is 0 Å². The largest absolute Gasteiger partial charge is 0.480 e. The van der Waals surface area contributed by atoms with Gasteiger partial charge in [-0.3, -0.25) is 9.78 Å². The molecule has 19 heavy (non-hydrogen) atoms. The van der Waals surface area contributed by atoms with Gasteiger partial charge in [-0.1, -0.05) is 19.9 Å². The first-order valence-corrected chi connectivity index (χ1v) is 7.16. The minimum Gasteiger partial charge on any atom is -0.480 e. The fourth-order valence-corrected chi connectivity index (χ4v) is 2.21.